The van der Waals surface area contributed by atoms with E-state index in [1.165, 1.54) is 7.11 Å². The molecule has 0 radical (unpaired) electrons. The van der Waals surface area contributed by atoms with Crippen LogP contribution in [0.25, 0.3) is 21.9 Å². The maximum Gasteiger partial charge on any atom is 0.338 e. The smallest absolute Gasteiger partial charge is 0.338 e. The van der Waals surface area contributed by atoms with Crippen molar-refractivity contribution in [3.05, 3.63) is 70.7 Å². The van der Waals surface area contributed by atoms with Crippen LogP contribution >= 0.6 is 15.9 Å². The van der Waals surface area contributed by atoms with Crippen LogP contribution < -0.4 is 0 Å². The van der Waals surface area contributed by atoms with Crippen LogP contribution in [0.4, 0.5) is 0 Å². The number of esters is 1. The summed E-state index contributed by atoms with van der Waals surface area (Å²) in [7, 11) is 1.40. The number of ether oxygens (including phenoxy) is 1. The topological polar surface area (TPSA) is 26.3 Å². The van der Waals surface area contributed by atoms with E-state index in [-0.39, 0.29) is 5.97 Å². The van der Waals surface area contributed by atoms with Gasteiger partial charge < -0.3 is 4.74 Å². The largest absolute Gasteiger partial charge is 0.465 e. The van der Waals surface area contributed by atoms with Crippen LogP contribution in [0.3, 0.4) is 0 Å². The number of carbonyl (C=O) groups excluding carboxylic acids is 1. The summed E-state index contributed by atoms with van der Waals surface area (Å²) in [5, 5.41) is 2.29. The van der Waals surface area contributed by atoms with Crippen LogP contribution in [0.2, 0.25) is 0 Å². The summed E-state index contributed by atoms with van der Waals surface area (Å²) in [4.78, 5) is 11.9. The van der Waals surface area contributed by atoms with Gasteiger partial charge >= 0.3 is 5.97 Å². The third kappa shape index (κ3) is 2.69. The fourth-order valence-corrected chi connectivity index (χ4v) is 2.79. The van der Waals surface area contributed by atoms with Gasteiger partial charge in [0, 0.05) is 4.47 Å². The molecule has 0 saturated heterocycles. The van der Waals surface area contributed by atoms with Gasteiger partial charge in [0.15, 0.2) is 0 Å². The average Bonchev–Trinajstić information content (AvgIpc) is 2.53. The van der Waals surface area contributed by atoms with Gasteiger partial charge in [-0.2, -0.15) is 0 Å². The molecule has 21 heavy (non-hydrogen) atoms. The molecular weight excluding hydrogens is 328 g/mol. The Bertz CT molecular complexity index is 824. The van der Waals surface area contributed by atoms with E-state index in [4.69, 9.17) is 4.74 Å². The predicted molar refractivity (Wildman–Crippen MR) is 88.4 cm³/mol. The predicted octanol–water partition coefficient (Wildman–Crippen LogP) is 5.06. The average molecular weight is 341 g/mol. The maximum atomic E-state index is 11.9. The minimum Gasteiger partial charge on any atom is -0.465 e. The Morgan fingerprint density at radius 1 is 0.952 bits per heavy atom. The molecule has 0 atom stereocenters. The summed E-state index contributed by atoms with van der Waals surface area (Å²) in [6.45, 7) is 0. The Balaban J connectivity index is 2.19. The molecular formula is C18H13BrO2. The van der Waals surface area contributed by atoms with E-state index in [1.807, 2.05) is 30.3 Å². The summed E-state index contributed by atoms with van der Waals surface area (Å²) in [5.41, 5.74) is 2.46. The fraction of sp³-hybridized carbons (Fsp3) is 0.0556. The summed E-state index contributed by atoms with van der Waals surface area (Å²) in [5.74, 6) is -0.320. The Hall–Kier alpha value is -2.13. The molecule has 0 saturated carbocycles. The molecule has 0 spiro atoms. The number of halogens is 1. The lowest BCUT2D eigenvalue weighted by Gasteiger charge is -2.09. The van der Waals surface area contributed by atoms with Crippen molar-refractivity contribution in [1.82, 2.24) is 0 Å². The molecule has 0 N–H and O–H groups in total. The molecule has 104 valence electrons. The lowest BCUT2D eigenvalue weighted by atomic mass is 9.97. The van der Waals surface area contributed by atoms with E-state index in [0.717, 1.165) is 26.4 Å². The molecule has 0 unspecified atom stereocenters. The Kier molecular flexibility index (Phi) is 3.76. The first-order valence-corrected chi connectivity index (χ1v) is 7.35. The Morgan fingerprint density at radius 2 is 1.71 bits per heavy atom. The van der Waals surface area contributed by atoms with Crippen molar-refractivity contribution in [2.75, 3.05) is 7.11 Å². The molecule has 3 rings (SSSR count). The summed E-state index contributed by atoms with van der Waals surface area (Å²) >= 11 is 3.49. The van der Waals surface area contributed by atoms with Gasteiger partial charge in [-0.1, -0.05) is 52.3 Å². The number of hydrogen-bond acceptors (Lipinski definition) is 2. The number of benzene rings is 3. The monoisotopic (exact) mass is 340 g/mol. The van der Waals surface area contributed by atoms with Gasteiger partial charge in [-0.15, -0.1) is 0 Å². The highest BCUT2D eigenvalue weighted by Gasteiger charge is 2.12. The number of fused-ring (bicyclic) bond motifs is 1. The van der Waals surface area contributed by atoms with Crippen LogP contribution in [0.1, 0.15) is 10.4 Å². The van der Waals surface area contributed by atoms with Gasteiger partial charge in [-0.05, 0) is 46.2 Å². The van der Waals surface area contributed by atoms with Gasteiger partial charge in [0.2, 0.25) is 0 Å². The maximum absolute atomic E-state index is 11.9. The van der Waals surface area contributed by atoms with Gasteiger partial charge in [0.05, 0.1) is 12.7 Å². The highest BCUT2D eigenvalue weighted by atomic mass is 79.9. The van der Waals surface area contributed by atoms with E-state index < -0.39 is 0 Å². The second kappa shape index (κ2) is 5.70. The molecule has 3 aromatic carbocycles. The van der Waals surface area contributed by atoms with Crippen molar-refractivity contribution in [3.8, 4) is 11.1 Å². The molecule has 2 nitrogen and oxygen atoms in total. The summed E-state index contributed by atoms with van der Waals surface area (Å²) < 4.78 is 5.89. The number of hydrogen-bond donors (Lipinski definition) is 0. The molecule has 3 heteroatoms. The first-order chi connectivity index (χ1) is 10.2. The molecule has 0 bridgehead atoms. The van der Waals surface area contributed by atoms with Crippen LogP contribution in [0, 0.1) is 0 Å². The van der Waals surface area contributed by atoms with Gasteiger partial charge in [0.1, 0.15) is 0 Å². The van der Waals surface area contributed by atoms with E-state index in [9.17, 15) is 4.79 Å². The quantitative estimate of drug-likeness (QED) is 0.609. The molecule has 0 amide bonds. The molecule has 0 fully saturated rings. The second-order valence-electron chi connectivity index (χ2n) is 4.74. The normalized spacial score (nSPS) is 10.6. The molecule has 0 heterocycles. The van der Waals surface area contributed by atoms with Gasteiger partial charge in [-0.3, -0.25) is 0 Å². The van der Waals surface area contributed by atoms with Crippen molar-refractivity contribution in [3.63, 3.8) is 0 Å². The number of rotatable bonds is 2. The minimum absolute atomic E-state index is 0.320. The SMILES string of the molecule is COC(=O)c1ccccc1-c1ccc2ccc(Br)cc2c1. The van der Waals surface area contributed by atoms with Crippen LogP contribution in [-0.2, 0) is 4.74 Å². The minimum atomic E-state index is -0.320. The zero-order chi connectivity index (χ0) is 14.8. The summed E-state index contributed by atoms with van der Waals surface area (Å²) in [6, 6.07) is 19.8. The van der Waals surface area contributed by atoms with Crippen molar-refractivity contribution < 1.29 is 9.53 Å². The first-order valence-electron chi connectivity index (χ1n) is 6.56. The Morgan fingerprint density at radius 3 is 2.52 bits per heavy atom. The molecule has 0 aliphatic rings. The Labute approximate surface area is 131 Å². The van der Waals surface area contributed by atoms with E-state index in [0.29, 0.717) is 5.56 Å². The van der Waals surface area contributed by atoms with Gasteiger partial charge in [0.25, 0.3) is 0 Å². The number of methoxy groups -OCH3 is 1. The van der Waals surface area contributed by atoms with Crippen LogP contribution in [-0.4, -0.2) is 13.1 Å². The van der Waals surface area contributed by atoms with E-state index >= 15 is 0 Å². The van der Waals surface area contributed by atoms with Crippen molar-refractivity contribution in [1.29, 1.82) is 0 Å². The molecule has 0 aliphatic carbocycles. The van der Waals surface area contributed by atoms with Crippen molar-refractivity contribution >= 4 is 32.7 Å². The van der Waals surface area contributed by atoms with E-state index in [2.05, 4.69) is 40.2 Å². The lowest BCUT2D eigenvalue weighted by molar-refractivity contribution is 0.0601. The van der Waals surface area contributed by atoms with Crippen LogP contribution in [0.5, 0.6) is 0 Å². The lowest BCUT2D eigenvalue weighted by Crippen LogP contribution is -2.03. The van der Waals surface area contributed by atoms with Gasteiger partial charge in [-0.25, -0.2) is 4.79 Å². The highest BCUT2D eigenvalue weighted by molar-refractivity contribution is 9.10. The van der Waals surface area contributed by atoms with Crippen molar-refractivity contribution in [2.45, 2.75) is 0 Å². The highest BCUT2D eigenvalue weighted by Crippen LogP contribution is 2.29. The third-order valence-corrected chi connectivity index (χ3v) is 3.94. The summed E-state index contributed by atoms with van der Waals surface area (Å²) in [6.07, 6.45) is 0. The molecule has 3 aromatic rings. The van der Waals surface area contributed by atoms with Crippen molar-refractivity contribution in [2.24, 2.45) is 0 Å². The molecule has 0 aromatic heterocycles. The van der Waals surface area contributed by atoms with Crippen LogP contribution in [0.15, 0.2) is 65.1 Å². The first kappa shape index (κ1) is 13.8. The zero-order valence-corrected chi connectivity index (χ0v) is 13.1. The second-order valence-corrected chi connectivity index (χ2v) is 5.66. The fourth-order valence-electron chi connectivity index (χ4n) is 2.41. The third-order valence-electron chi connectivity index (χ3n) is 3.45. The standard InChI is InChI=1S/C18H13BrO2/c1-21-18(20)17-5-3-2-4-16(17)13-7-6-12-8-9-15(19)11-14(12)10-13/h2-11H,1H3. The van der Waals surface area contributed by atoms with E-state index in [1.54, 1.807) is 6.07 Å². The molecule has 0 aliphatic heterocycles. The number of carbonyl (C=O) groups is 1. The zero-order valence-electron chi connectivity index (χ0n) is 11.5.